The molecule has 1 aromatic carbocycles. The normalized spacial score (nSPS) is 26.3. The molecule has 11 nitrogen and oxygen atoms in total. The van der Waals surface area contributed by atoms with Crippen molar-refractivity contribution in [3.63, 3.8) is 0 Å². The molecule has 43 heavy (non-hydrogen) atoms. The Morgan fingerprint density at radius 2 is 1.88 bits per heavy atom. The third-order valence-corrected chi connectivity index (χ3v) is 7.39. The summed E-state index contributed by atoms with van der Waals surface area (Å²) >= 11 is 0. The van der Waals surface area contributed by atoms with Crippen LogP contribution in [0.3, 0.4) is 0 Å². The lowest BCUT2D eigenvalue weighted by Crippen LogP contribution is -2.35. The number of aliphatic imine (C=N–C) groups is 1. The number of phenols is 2. The van der Waals surface area contributed by atoms with E-state index in [0.717, 1.165) is 0 Å². The Labute approximate surface area is 253 Å². The first-order chi connectivity index (χ1) is 20.3. The molecule has 0 aliphatic carbocycles. The molecule has 11 heteroatoms. The third kappa shape index (κ3) is 10.1. The minimum absolute atomic E-state index is 0.0205. The van der Waals surface area contributed by atoms with Crippen molar-refractivity contribution < 1.29 is 39.1 Å². The van der Waals surface area contributed by atoms with Gasteiger partial charge in [0.25, 0.3) is 5.91 Å². The van der Waals surface area contributed by atoms with E-state index in [4.69, 9.17) is 19.9 Å². The number of rotatable bonds is 5. The SMILES string of the molecule is C=CC=Nc1c(O)cc2c(O)c1C[C@@H](C)C[C@H](OC)[C@H](O)[C@@H](C)C=C(C)[C@H](OC(N)=O)C[C@@H](OC)C=CC=C(C)C(=O)N2. The highest BCUT2D eigenvalue weighted by Gasteiger charge is 2.29. The van der Waals surface area contributed by atoms with Crippen LogP contribution in [0.2, 0.25) is 0 Å². The molecule has 1 aromatic rings. The molecule has 2 amide bonds. The van der Waals surface area contributed by atoms with Gasteiger partial charge in [-0.3, -0.25) is 9.79 Å². The topological polar surface area (TPSA) is 173 Å². The predicted octanol–water partition coefficient (Wildman–Crippen LogP) is 4.84. The minimum atomic E-state index is -0.940. The van der Waals surface area contributed by atoms with Crippen molar-refractivity contribution >= 4 is 29.6 Å². The Balaban J connectivity index is 2.65. The number of hydrogen-bond donors (Lipinski definition) is 5. The number of aliphatic hydroxyl groups excluding tert-OH is 1. The van der Waals surface area contributed by atoms with Crippen LogP contribution in [0.25, 0.3) is 0 Å². The Morgan fingerprint density at radius 1 is 1.19 bits per heavy atom. The van der Waals surface area contributed by atoms with E-state index in [-0.39, 0.29) is 41.6 Å². The molecule has 1 aliphatic heterocycles. The number of allylic oxidation sites excluding steroid dienone is 3. The number of phenolic OH excluding ortho intramolecular Hbond substituents is 2. The molecular formula is C32H45N3O8. The van der Waals surface area contributed by atoms with Crippen LogP contribution in [-0.2, 0) is 25.4 Å². The third-order valence-electron chi connectivity index (χ3n) is 7.39. The van der Waals surface area contributed by atoms with Gasteiger partial charge < -0.3 is 40.6 Å². The molecular weight excluding hydrogens is 554 g/mol. The van der Waals surface area contributed by atoms with Crippen LogP contribution in [0, 0.1) is 11.8 Å². The molecule has 0 aromatic heterocycles. The molecule has 1 heterocycles. The van der Waals surface area contributed by atoms with E-state index in [2.05, 4.69) is 16.9 Å². The summed E-state index contributed by atoms with van der Waals surface area (Å²) in [6.07, 6.45) is 6.71. The van der Waals surface area contributed by atoms with Crippen molar-refractivity contribution in [2.24, 2.45) is 22.6 Å². The number of nitrogens with zero attached hydrogens (tertiary/aromatic N) is 1. The second kappa shape index (κ2) is 16.6. The van der Waals surface area contributed by atoms with E-state index in [1.54, 1.807) is 32.1 Å². The number of hydrogen-bond acceptors (Lipinski definition) is 9. The first-order valence-corrected chi connectivity index (χ1v) is 14.1. The zero-order valence-electron chi connectivity index (χ0n) is 25.7. The van der Waals surface area contributed by atoms with Gasteiger partial charge >= 0.3 is 6.09 Å². The average Bonchev–Trinajstić information content (AvgIpc) is 2.95. The lowest BCUT2D eigenvalue weighted by molar-refractivity contribution is -0.112. The van der Waals surface area contributed by atoms with Gasteiger partial charge in [-0.15, -0.1) is 0 Å². The summed E-state index contributed by atoms with van der Waals surface area (Å²) in [6.45, 7) is 10.7. The van der Waals surface area contributed by atoms with Crippen molar-refractivity contribution in [1.29, 1.82) is 0 Å². The summed E-state index contributed by atoms with van der Waals surface area (Å²) in [5.74, 6) is -1.53. The number of methoxy groups -OCH3 is 2. The fourth-order valence-corrected chi connectivity index (χ4v) is 4.98. The molecule has 2 bridgehead atoms. The molecule has 0 radical (unpaired) electrons. The minimum Gasteiger partial charge on any atom is -0.506 e. The summed E-state index contributed by atoms with van der Waals surface area (Å²) in [5, 5.41) is 35.9. The molecule has 6 N–H and O–H groups in total. The van der Waals surface area contributed by atoms with Crippen molar-refractivity contribution in [2.45, 2.75) is 71.4 Å². The van der Waals surface area contributed by atoms with Gasteiger partial charge in [-0.2, -0.15) is 0 Å². The maximum atomic E-state index is 13.0. The molecule has 2 rings (SSSR count). The number of anilines is 1. The van der Waals surface area contributed by atoms with Gasteiger partial charge in [0, 0.05) is 50.0 Å². The van der Waals surface area contributed by atoms with E-state index >= 15 is 0 Å². The number of carbonyl (C=O) groups excluding carboxylic acids is 2. The number of benzene rings is 1. The number of aliphatic hydroxyl groups is 1. The van der Waals surface area contributed by atoms with Crippen LogP contribution in [0.4, 0.5) is 16.2 Å². The number of amides is 2. The van der Waals surface area contributed by atoms with Crippen molar-refractivity contribution in [2.75, 3.05) is 19.5 Å². The Kier molecular flexibility index (Phi) is 13.6. The molecule has 6 atom stereocenters. The summed E-state index contributed by atoms with van der Waals surface area (Å²) in [4.78, 5) is 28.9. The van der Waals surface area contributed by atoms with Crippen LogP contribution in [0.5, 0.6) is 11.5 Å². The van der Waals surface area contributed by atoms with Gasteiger partial charge in [0.15, 0.2) is 0 Å². The smallest absolute Gasteiger partial charge is 0.405 e. The lowest BCUT2D eigenvalue weighted by Gasteiger charge is -2.29. The van der Waals surface area contributed by atoms with Gasteiger partial charge in [0.1, 0.15) is 23.3 Å². The van der Waals surface area contributed by atoms with Crippen molar-refractivity contribution in [1.82, 2.24) is 0 Å². The number of aromatic hydroxyl groups is 2. The second-order valence-corrected chi connectivity index (χ2v) is 10.8. The predicted molar refractivity (Wildman–Crippen MR) is 167 cm³/mol. The van der Waals surface area contributed by atoms with E-state index in [1.165, 1.54) is 32.6 Å². The van der Waals surface area contributed by atoms with Crippen molar-refractivity contribution in [3.05, 3.63) is 59.7 Å². The van der Waals surface area contributed by atoms with Gasteiger partial charge in [-0.1, -0.05) is 50.8 Å². The second-order valence-electron chi connectivity index (χ2n) is 10.8. The van der Waals surface area contributed by atoms with Crippen LogP contribution in [-0.4, -0.2) is 72.2 Å². The zero-order valence-corrected chi connectivity index (χ0v) is 25.7. The summed E-state index contributed by atoms with van der Waals surface area (Å²) < 4.78 is 16.6. The molecule has 0 saturated carbocycles. The first kappa shape index (κ1) is 35.3. The number of ether oxygens (including phenoxy) is 3. The van der Waals surface area contributed by atoms with Gasteiger partial charge in [-0.25, -0.2) is 4.79 Å². The molecule has 0 unspecified atom stereocenters. The molecule has 0 fully saturated rings. The first-order valence-electron chi connectivity index (χ1n) is 14.1. The van der Waals surface area contributed by atoms with Gasteiger partial charge in [0.05, 0.1) is 24.0 Å². The van der Waals surface area contributed by atoms with Crippen LogP contribution < -0.4 is 11.1 Å². The van der Waals surface area contributed by atoms with E-state index in [9.17, 15) is 24.9 Å². The number of carbonyl (C=O) groups is 2. The summed E-state index contributed by atoms with van der Waals surface area (Å²) in [5.41, 5.74) is 6.82. The summed E-state index contributed by atoms with van der Waals surface area (Å²) in [6, 6.07) is 1.24. The Hall–Kier alpha value is -3.93. The molecule has 0 saturated heterocycles. The maximum absolute atomic E-state index is 13.0. The van der Waals surface area contributed by atoms with Crippen LogP contribution >= 0.6 is 0 Å². The maximum Gasteiger partial charge on any atom is 0.405 e. The van der Waals surface area contributed by atoms with Crippen LogP contribution in [0.1, 0.15) is 46.1 Å². The Morgan fingerprint density at radius 3 is 2.49 bits per heavy atom. The lowest BCUT2D eigenvalue weighted by atomic mass is 9.87. The van der Waals surface area contributed by atoms with Gasteiger partial charge in [-0.05, 0) is 38.2 Å². The monoisotopic (exact) mass is 599 g/mol. The van der Waals surface area contributed by atoms with Crippen molar-refractivity contribution in [3.8, 4) is 11.5 Å². The Bertz CT molecular complexity index is 1270. The molecule has 0 spiro atoms. The molecule has 1 aliphatic rings. The fraction of sp³-hybridized carbons (Fsp3) is 0.469. The largest absolute Gasteiger partial charge is 0.506 e. The summed E-state index contributed by atoms with van der Waals surface area (Å²) in [7, 11) is 3.01. The quantitative estimate of drug-likeness (QED) is 0.138. The average molecular weight is 600 g/mol. The molecule has 236 valence electrons. The highest BCUT2D eigenvalue weighted by molar-refractivity contribution is 6.04. The van der Waals surface area contributed by atoms with E-state index in [0.29, 0.717) is 23.1 Å². The number of nitrogens with one attached hydrogen (secondary N) is 1. The standard InChI is InChI=1S/C32H45N3O8/c1-8-12-34-28-23-13-18(2)14-27(42-7)29(37)21(5)15-20(4)26(43-32(33)40)16-22(41-6)11-9-10-19(3)31(39)35-24(30(23)38)17-25(28)36/h8-12,15,17-18,21-22,26-27,29,36-38H,1,13-14,16H2,2-7H3,(H2,33,40)(H,35,39)/t18-,21+,22+,26-,27+,29-/m1/s1. The fourth-order valence-electron chi connectivity index (χ4n) is 4.98. The number of nitrogens with two attached hydrogens (primary N) is 1. The highest BCUT2D eigenvalue weighted by Crippen LogP contribution is 2.44. The highest BCUT2D eigenvalue weighted by atomic mass is 16.6. The number of primary amides is 1. The van der Waals surface area contributed by atoms with E-state index < -0.39 is 42.3 Å². The van der Waals surface area contributed by atoms with E-state index in [1.807, 2.05) is 19.9 Å². The van der Waals surface area contributed by atoms with Gasteiger partial charge in [0.2, 0.25) is 0 Å². The number of fused-ring (bicyclic) bond motifs is 2. The van der Waals surface area contributed by atoms with Crippen LogP contribution in [0.15, 0.2) is 59.2 Å². The zero-order chi connectivity index (χ0) is 32.3.